The molecule has 0 unspecified atom stereocenters. The first-order valence-corrected chi connectivity index (χ1v) is 29.7. The average Bonchev–Trinajstić information content (AvgIpc) is 3.93. The third kappa shape index (κ3) is 17.2. The molecule has 24 heteroatoms. The number of aliphatic hydroxyl groups is 1. The average molecular weight is 1180 g/mol. The van der Waals surface area contributed by atoms with Crippen molar-refractivity contribution in [3.05, 3.63) is 149 Å². The highest BCUT2D eigenvalue weighted by molar-refractivity contribution is 8.76. The summed E-state index contributed by atoms with van der Waals surface area (Å²) in [5.41, 5.74) is 21.5. The van der Waals surface area contributed by atoms with Gasteiger partial charge in [0.15, 0.2) is 0 Å². The van der Waals surface area contributed by atoms with Gasteiger partial charge in [-0.2, -0.15) is 0 Å². The predicted molar refractivity (Wildman–Crippen MR) is 318 cm³/mol. The molecule has 0 bridgehead atoms. The summed E-state index contributed by atoms with van der Waals surface area (Å²) in [6.45, 7) is 1.52. The van der Waals surface area contributed by atoms with E-state index >= 15 is 9.59 Å². The number of halogens is 1. The number of likely N-dealkylation sites (N-methyl/N-ethyl adjacent to an activating group) is 1. The van der Waals surface area contributed by atoms with Crippen LogP contribution in [0.1, 0.15) is 48.4 Å². The summed E-state index contributed by atoms with van der Waals surface area (Å²) in [4.78, 5) is 124. The third-order valence-electron chi connectivity index (χ3n) is 14.1. The molecule has 1 fully saturated rings. The lowest BCUT2D eigenvalue weighted by molar-refractivity contribution is -0.143. The number of aromatic nitrogens is 2. The maximum Gasteiger partial charge on any atom is 0.245 e. The Morgan fingerprint density at radius 3 is 2.21 bits per heavy atom. The van der Waals surface area contributed by atoms with Gasteiger partial charge in [0, 0.05) is 72.3 Å². The Kier molecular flexibility index (Phi) is 22.7. The molecular formula is C58H69ClN12O9S2. The van der Waals surface area contributed by atoms with Crippen molar-refractivity contribution >= 4 is 102 Å². The molecule has 0 spiro atoms. The highest BCUT2D eigenvalue weighted by Crippen LogP contribution is 2.26. The van der Waals surface area contributed by atoms with Crippen LogP contribution in [0, 0.1) is 0 Å². The lowest BCUT2D eigenvalue weighted by Gasteiger charge is -2.33. The highest BCUT2D eigenvalue weighted by atomic mass is 35.5. The first-order valence-electron chi connectivity index (χ1n) is 26.8. The molecule has 4 aromatic carbocycles. The van der Waals surface area contributed by atoms with Crippen molar-refractivity contribution in [1.29, 1.82) is 0 Å². The largest absolute Gasteiger partial charge is 0.391 e. The van der Waals surface area contributed by atoms with E-state index in [1.807, 2.05) is 60.7 Å². The number of aliphatic hydroxyl groups excluding tert-OH is 1. The fourth-order valence-electron chi connectivity index (χ4n) is 9.43. The van der Waals surface area contributed by atoms with Gasteiger partial charge in [-0.1, -0.05) is 112 Å². The van der Waals surface area contributed by atoms with E-state index < -0.39 is 102 Å². The van der Waals surface area contributed by atoms with Gasteiger partial charge in [-0.25, -0.2) is 0 Å². The fraction of sp³-hybridized carbons (Fsp3) is 0.362. The molecule has 6 aromatic rings. The zero-order valence-corrected chi connectivity index (χ0v) is 47.7. The van der Waals surface area contributed by atoms with E-state index in [4.69, 9.17) is 28.8 Å². The van der Waals surface area contributed by atoms with Gasteiger partial charge in [-0.3, -0.25) is 43.3 Å². The van der Waals surface area contributed by atoms with Crippen LogP contribution in [-0.2, 0) is 64.0 Å². The lowest BCUT2D eigenvalue weighted by atomic mass is 9.99. The topological polar surface area (TPSA) is 339 Å². The van der Waals surface area contributed by atoms with Gasteiger partial charge in [0.1, 0.15) is 42.3 Å². The number of rotatable bonds is 18. The van der Waals surface area contributed by atoms with Gasteiger partial charge in [0.2, 0.25) is 47.3 Å². The van der Waals surface area contributed by atoms with Crippen LogP contribution in [-0.4, -0.2) is 147 Å². The quantitative estimate of drug-likeness (QED) is 0.0434. The number of carbonyl (C=O) groups excluding carboxylic acids is 8. The van der Waals surface area contributed by atoms with Crippen LogP contribution in [0.25, 0.3) is 21.7 Å². The molecule has 14 N–H and O–H groups in total. The number of nitrogens with zero attached hydrogens (tertiary/aromatic N) is 2. The molecule has 0 aliphatic carbocycles. The molecule has 82 heavy (non-hydrogen) atoms. The summed E-state index contributed by atoms with van der Waals surface area (Å²) in [6, 6.07) is 19.5. The summed E-state index contributed by atoms with van der Waals surface area (Å²) in [6.07, 6.45) is 3.88. The van der Waals surface area contributed by atoms with E-state index in [0.717, 1.165) is 43.3 Å². The molecule has 1 aliphatic rings. The number of hydrogen-bond donors (Lipinski definition) is 11. The maximum absolute atomic E-state index is 15.2. The van der Waals surface area contributed by atoms with Crippen LogP contribution < -0.4 is 49.1 Å². The summed E-state index contributed by atoms with van der Waals surface area (Å²) in [7, 11) is 3.45. The number of nitrogens with one attached hydrogen (secondary N) is 7. The summed E-state index contributed by atoms with van der Waals surface area (Å²) >= 11 is 6.11. The Hall–Kier alpha value is -7.54. The number of para-hydroxylation sites is 1. The van der Waals surface area contributed by atoms with Crippen molar-refractivity contribution in [1.82, 2.24) is 46.8 Å². The molecule has 8 amide bonds. The van der Waals surface area contributed by atoms with Crippen molar-refractivity contribution in [3.63, 3.8) is 0 Å². The van der Waals surface area contributed by atoms with E-state index in [0.29, 0.717) is 40.1 Å². The fourth-order valence-corrected chi connectivity index (χ4v) is 11.9. The summed E-state index contributed by atoms with van der Waals surface area (Å²) < 4.78 is 0. The Labute approximate surface area is 487 Å². The minimum atomic E-state index is -1.70. The molecule has 7 rings (SSSR count). The van der Waals surface area contributed by atoms with Crippen molar-refractivity contribution in [3.8, 4) is 0 Å². The lowest BCUT2D eigenvalue weighted by Crippen LogP contribution is -2.62. The smallest absolute Gasteiger partial charge is 0.245 e. The Morgan fingerprint density at radius 1 is 0.780 bits per heavy atom. The summed E-state index contributed by atoms with van der Waals surface area (Å²) in [5, 5.41) is 30.5. The molecule has 9 atom stereocenters. The second-order valence-electron chi connectivity index (χ2n) is 20.2. The van der Waals surface area contributed by atoms with E-state index in [2.05, 4.69) is 41.9 Å². The molecule has 1 saturated heterocycles. The minimum absolute atomic E-state index is 0.0150. The van der Waals surface area contributed by atoms with Crippen molar-refractivity contribution < 1.29 is 43.5 Å². The zero-order valence-electron chi connectivity index (χ0n) is 45.3. The number of unbranched alkanes of at least 4 members (excludes halogenated alkanes) is 1. The second-order valence-corrected chi connectivity index (χ2v) is 23.2. The molecule has 434 valence electrons. The van der Waals surface area contributed by atoms with Gasteiger partial charge in [-0.05, 0) is 96.4 Å². The Bertz CT molecular complexity index is 3210. The van der Waals surface area contributed by atoms with Gasteiger partial charge in [0.25, 0.3) is 0 Å². The molecule has 3 heterocycles. The highest BCUT2D eigenvalue weighted by Gasteiger charge is 2.38. The van der Waals surface area contributed by atoms with Crippen molar-refractivity contribution in [2.45, 2.75) is 106 Å². The molecule has 2 aromatic heterocycles. The van der Waals surface area contributed by atoms with Crippen LogP contribution >= 0.6 is 33.2 Å². The number of fused-ring (bicyclic) bond motifs is 2. The van der Waals surface area contributed by atoms with Crippen LogP contribution in [0.2, 0.25) is 5.02 Å². The summed E-state index contributed by atoms with van der Waals surface area (Å²) in [5.74, 6) is -7.02. The van der Waals surface area contributed by atoms with E-state index in [1.54, 1.807) is 54.9 Å². The molecule has 0 radical (unpaired) electrons. The van der Waals surface area contributed by atoms with Crippen molar-refractivity contribution in [2.24, 2.45) is 17.2 Å². The number of nitrogens with two attached hydrogens (primary N) is 3. The van der Waals surface area contributed by atoms with Crippen LogP contribution in [0.4, 0.5) is 0 Å². The van der Waals surface area contributed by atoms with Crippen LogP contribution in [0.5, 0.6) is 0 Å². The SMILES string of the molecule is C[C@@H](O)[C@@H]1NC(=O)[C@H](CCCCN)NC(=O)[C@@H](Cc2c[nH]c3ccccc23)N(C)C(=O)[C@H](Cc2cccnc2)NC(=O)[C@H](NC(=O)[C@@H](N)Cc2ccc(Cl)cc2)CSSC[C@@H](C(=O)N[C@@H](Cc2ccc3ccccc3c2)C(N)=O)NC1=O. The number of aromatic amines is 1. The Morgan fingerprint density at radius 2 is 1.49 bits per heavy atom. The van der Waals surface area contributed by atoms with Crippen LogP contribution in [0.3, 0.4) is 0 Å². The van der Waals surface area contributed by atoms with Gasteiger partial charge < -0.3 is 64.1 Å². The second kappa shape index (κ2) is 30.0. The predicted octanol–water partition coefficient (Wildman–Crippen LogP) is 2.09. The molecule has 21 nitrogen and oxygen atoms in total. The monoisotopic (exact) mass is 1180 g/mol. The Balaban J connectivity index is 1.26. The standard InChI is InChI=1S/C58H69ClN12O9S2/c1-33(72)50-57(79)69-48(54(76)66-45(51(62)73)26-35-16-19-37-11-3-4-12-38(37)24-35)32-82-81-31-47(68-52(74)42(61)25-34-17-20-40(59)21-18-34)55(77)67-46(27-36-10-9-23-63-29-36)58(80)71(2)49(28-39-30-64-43-14-6-5-13-41(39)43)56(78)65-44(53(75)70-50)15-7-8-22-60/h3-6,9-14,16-21,23-24,29-30,33,42,44-50,64,72H,7-8,15,22,25-28,31-32,60-61H2,1-2H3,(H2,62,73)(H,65,78)(H,66,76)(H,67,77)(H,68,74)(H,69,79)(H,70,75)/t33-,42+,44+,45+,46+,47-,48+,49-,50+/m1/s1. The number of hydrogen-bond acceptors (Lipinski definition) is 14. The zero-order chi connectivity index (χ0) is 58.9. The number of carbonyl (C=O) groups is 8. The molecular weight excluding hydrogens is 1110 g/mol. The van der Waals surface area contributed by atoms with E-state index in [9.17, 15) is 33.9 Å². The molecule has 0 saturated carbocycles. The number of H-pyrrole nitrogens is 1. The minimum Gasteiger partial charge on any atom is -0.391 e. The van der Waals surface area contributed by atoms with Crippen molar-refractivity contribution in [2.75, 3.05) is 25.1 Å². The number of benzene rings is 4. The van der Waals surface area contributed by atoms with E-state index in [1.165, 1.54) is 25.1 Å². The number of primary amides is 1. The first kappa shape index (κ1) is 62.1. The third-order valence-corrected chi connectivity index (χ3v) is 16.7. The maximum atomic E-state index is 15.2. The van der Waals surface area contributed by atoms with Gasteiger partial charge >= 0.3 is 0 Å². The number of amides is 8. The number of pyridine rings is 1. The first-order chi connectivity index (χ1) is 39.4. The van der Waals surface area contributed by atoms with E-state index in [-0.39, 0.29) is 50.2 Å². The van der Waals surface area contributed by atoms with Gasteiger partial charge in [-0.15, -0.1) is 0 Å². The normalized spacial score (nSPS) is 21.0. The van der Waals surface area contributed by atoms with Crippen LogP contribution in [0.15, 0.2) is 122 Å². The molecule has 1 aliphatic heterocycles. The van der Waals surface area contributed by atoms with Gasteiger partial charge in [0.05, 0.1) is 12.1 Å².